The Hall–Kier alpha value is -2.80. The summed E-state index contributed by atoms with van der Waals surface area (Å²) < 4.78 is 7.45. The average molecular weight is 411 g/mol. The van der Waals surface area contributed by atoms with Crippen LogP contribution in [0.2, 0.25) is 0 Å². The molecule has 7 heteroatoms. The van der Waals surface area contributed by atoms with Crippen LogP contribution in [0.15, 0.2) is 53.7 Å². The second-order valence-electron chi connectivity index (χ2n) is 6.57. The van der Waals surface area contributed by atoms with Gasteiger partial charge in [0.2, 0.25) is 5.91 Å². The molecule has 0 aliphatic heterocycles. The summed E-state index contributed by atoms with van der Waals surface area (Å²) in [6, 6.07) is 16.0. The van der Waals surface area contributed by atoms with Crippen LogP contribution in [0.25, 0.3) is 11.4 Å². The zero-order chi connectivity index (χ0) is 20.6. The lowest BCUT2D eigenvalue weighted by Crippen LogP contribution is -2.27. The zero-order valence-corrected chi connectivity index (χ0v) is 17.8. The molecular formula is C22H26N4O2S. The van der Waals surface area contributed by atoms with Gasteiger partial charge in [0.25, 0.3) is 0 Å². The Kier molecular flexibility index (Phi) is 7.30. The van der Waals surface area contributed by atoms with Crippen LogP contribution in [0.1, 0.15) is 18.1 Å². The Labute approximate surface area is 175 Å². The van der Waals surface area contributed by atoms with Gasteiger partial charge in [-0.3, -0.25) is 4.79 Å². The molecule has 2 aromatic carbocycles. The molecule has 1 N–H and O–H groups in total. The Bertz CT molecular complexity index is 971. The van der Waals surface area contributed by atoms with E-state index in [1.807, 2.05) is 47.9 Å². The van der Waals surface area contributed by atoms with Gasteiger partial charge in [-0.25, -0.2) is 0 Å². The number of rotatable bonds is 9. The number of ether oxygens (including phenoxy) is 1. The van der Waals surface area contributed by atoms with Crippen LogP contribution in [0, 0.1) is 6.92 Å². The molecule has 29 heavy (non-hydrogen) atoms. The van der Waals surface area contributed by atoms with E-state index < -0.39 is 0 Å². The number of amides is 1. The number of nitrogens with zero attached hydrogens (tertiary/aromatic N) is 3. The fourth-order valence-corrected chi connectivity index (χ4v) is 3.95. The van der Waals surface area contributed by atoms with Gasteiger partial charge in [0.1, 0.15) is 5.75 Å². The lowest BCUT2D eigenvalue weighted by atomic mass is 10.1. The Morgan fingerprint density at radius 3 is 2.66 bits per heavy atom. The molecule has 3 rings (SSSR count). The molecule has 0 spiro atoms. The molecule has 1 amide bonds. The van der Waals surface area contributed by atoms with E-state index in [0.717, 1.165) is 28.7 Å². The largest absolute Gasteiger partial charge is 0.496 e. The van der Waals surface area contributed by atoms with E-state index in [0.29, 0.717) is 18.8 Å². The molecule has 0 unspecified atom stereocenters. The number of para-hydroxylation sites is 1. The molecule has 0 saturated heterocycles. The zero-order valence-electron chi connectivity index (χ0n) is 17.0. The first-order valence-corrected chi connectivity index (χ1v) is 10.6. The van der Waals surface area contributed by atoms with Crippen molar-refractivity contribution in [1.29, 1.82) is 0 Å². The van der Waals surface area contributed by atoms with Crippen LogP contribution in [0.5, 0.6) is 5.75 Å². The lowest BCUT2D eigenvalue weighted by Gasteiger charge is -2.10. The summed E-state index contributed by atoms with van der Waals surface area (Å²) in [5, 5.41) is 12.3. The number of benzene rings is 2. The van der Waals surface area contributed by atoms with Crippen molar-refractivity contribution in [3.8, 4) is 17.1 Å². The molecule has 3 aromatic rings. The Balaban J connectivity index is 1.59. The van der Waals surface area contributed by atoms with Crippen LogP contribution in [0.4, 0.5) is 0 Å². The number of thioether (sulfide) groups is 1. The highest BCUT2D eigenvalue weighted by molar-refractivity contribution is 7.99. The predicted molar refractivity (Wildman–Crippen MR) is 116 cm³/mol. The van der Waals surface area contributed by atoms with Crippen molar-refractivity contribution in [2.75, 3.05) is 19.4 Å². The van der Waals surface area contributed by atoms with Crippen molar-refractivity contribution in [2.45, 2.75) is 32.0 Å². The number of carbonyl (C=O) groups excluding carboxylic acids is 1. The number of hydrogen-bond acceptors (Lipinski definition) is 5. The number of nitrogens with one attached hydrogen (secondary N) is 1. The molecule has 0 aliphatic rings. The summed E-state index contributed by atoms with van der Waals surface area (Å²) in [5.74, 6) is 1.79. The van der Waals surface area contributed by atoms with Gasteiger partial charge in [-0.1, -0.05) is 48.2 Å². The summed E-state index contributed by atoms with van der Waals surface area (Å²) in [6.07, 6.45) is 0.826. The average Bonchev–Trinajstić information content (AvgIpc) is 3.16. The van der Waals surface area contributed by atoms with Gasteiger partial charge in [0.05, 0.1) is 18.4 Å². The van der Waals surface area contributed by atoms with Crippen molar-refractivity contribution >= 4 is 17.7 Å². The van der Waals surface area contributed by atoms with Crippen molar-refractivity contribution in [2.24, 2.45) is 0 Å². The monoisotopic (exact) mass is 410 g/mol. The van der Waals surface area contributed by atoms with Gasteiger partial charge in [-0.15, -0.1) is 10.2 Å². The second kappa shape index (κ2) is 10.1. The maximum atomic E-state index is 12.3. The molecule has 0 radical (unpaired) electrons. The summed E-state index contributed by atoms with van der Waals surface area (Å²) in [7, 11) is 1.64. The number of aryl methyl sites for hydroxylation is 1. The highest BCUT2D eigenvalue weighted by Crippen LogP contribution is 2.30. The van der Waals surface area contributed by atoms with Crippen molar-refractivity contribution in [1.82, 2.24) is 20.1 Å². The first-order chi connectivity index (χ1) is 14.1. The van der Waals surface area contributed by atoms with Gasteiger partial charge in [-0.05, 0) is 43.5 Å². The predicted octanol–water partition coefficient (Wildman–Crippen LogP) is 3.73. The second-order valence-corrected chi connectivity index (χ2v) is 7.51. The summed E-state index contributed by atoms with van der Waals surface area (Å²) in [5.41, 5.74) is 3.39. The third-order valence-corrected chi connectivity index (χ3v) is 5.66. The van der Waals surface area contributed by atoms with E-state index in [1.54, 1.807) is 7.11 Å². The number of hydrogen-bond donors (Lipinski definition) is 1. The van der Waals surface area contributed by atoms with Crippen molar-refractivity contribution in [3.05, 3.63) is 59.7 Å². The minimum Gasteiger partial charge on any atom is -0.496 e. The molecule has 1 heterocycles. The van der Waals surface area contributed by atoms with Gasteiger partial charge < -0.3 is 14.6 Å². The molecule has 0 bridgehead atoms. The normalized spacial score (nSPS) is 10.7. The van der Waals surface area contributed by atoms with E-state index in [4.69, 9.17) is 4.74 Å². The molecule has 6 nitrogen and oxygen atoms in total. The molecule has 0 saturated carbocycles. The van der Waals surface area contributed by atoms with E-state index in [-0.39, 0.29) is 5.91 Å². The highest BCUT2D eigenvalue weighted by Gasteiger charge is 2.17. The molecule has 1 aromatic heterocycles. The minimum atomic E-state index is -0.00641. The van der Waals surface area contributed by atoms with Gasteiger partial charge in [0, 0.05) is 13.1 Å². The van der Waals surface area contributed by atoms with Gasteiger partial charge in [-0.2, -0.15) is 0 Å². The maximum absolute atomic E-state index is 12.3. The molecule has 0 fully saturated rings. The number of methoxy groups -OCH3 is 1. The third kappa shape index (κ3) is 5.17. The highest BCUT2D eigenvalue weighted by atomic mass is 32.2. The Morgan fingerprint density at radius 2 is 1.90 bits per heavy atom. The van der Waals surface area contributed by atoms with E-state index in [2.05, 4.69) is 34.6 Å². The van der Waals surface area contributed by atoms with E-state index >= 15 is 0 Å². The van der Waals surface area contributed by atoms with E-state index in [1.165, 1.54) is 22.9 Å². The standard InChI is InChI=1S/C22H26N4O2S/c1-4-26-21(18-11-7-8-12-19(18)28-3)24-25-22(26)29-15-20(27)23-14-13-17-10-6-5-9-16(17)2/h5-12H,4,13-15H2,1-3H3,(H,23,27). The van der Waals surface area contributed by atoms with Crippen LogP contribution in [-0.2, 0) is 17.8 Å². The SMILES string of the molecule is CCn1c(SCC(=O)NCCc2ccccc2C)nnc1-c1ccccc1OC. The van der Waals surface area contributed by atoms with Gasteiger partial charge >= 0.3 is 0 Å². The molecule has 0 aliphatic carbocycles. The molecule has 152 valence electrons. The van der Waals surface area contributed by atoms with Crippen LogP contribution >= 0.6 is 11.8 Å². The van der Waals surface area contributed by atoms with Gasteiger partial charge in [0.15, 0.2) is 11.0 Å². The maximum Gasteiger partial charge on any atom is 0.230 e. The summed E-state index contributed by atoms with van der Waals surface area (Å²) in [6.45, 7) is 5.45. The Morgan fingerprint density at radius 1 is 1.14 bits per heavy atom. The number of aromatic nitrogens is 3. The van der Waals surface area contributed by atoms with Crippen molar-refractivity contribution in [3.63, 3.8) is 0 Å². The van der Waals surface area contributed by atoms with Crippen LogP contribution in [-0.4, -0.2) is 40.1 Å². The topological polar surface area (TPSA) is 69.0 Å². The van der Waals surface area contributed by atoms with E-state index in [9.17, 15) is 4.79 Å². The lowest BCUT2D eigenvalue weighted by molar-refractivity contribution is -0.118. The fraction of sp³-hybridized carbons (Fsp3) is 0.318. The fourth-order valence-electron chi connectivity index (χ4n) is 3.12. The molecule has 0 atom stereocenters. The summed E-state index contributed by atoms with van der Waals surface area (Å²) >= 11 is 1.39. The third-order valence-electron chi connectivity index (χ3n) is 4.69. The minimum absolute atomic E-state index is 0.00641. The smallest absolute Gasteiger partial charge is 0.230 e. The quantitative estimate of drug-likeness (QED) is 0.544. The molecular weight excluding hydrogens is 384 g/mol. The van der Waals surface area contributed by atoms with Crippen molar-refractivity contribution < 1.29 is 9.53 Å². The van der Waals surface area contributed by atoms with Crippen LogP contribution in [0.3, 0.4) is 0 Å². The van der Waals surface area contributed by atoms with Crippen LogP contribution < -0.4 is 10.1 Å². The first-order valence-electron chi connectivity index (χ1n) is 9.64. The first kappa shape index (κ1) is 20.9. The number of carbonyl (C=O) groups is 1. The summed E-state index contributed by atoms with van der Waals surface area (Å²) in [4.78, 5) is 12.3.